The predicted molar refractivity (Wildman–Crippen MR) is 92.3 cm³/mol. The van der Waals surface area contributed by atoms with Crippen LogP contribution in [0.2, 0.25) is 0 Å². The van der Waals surface area contributed by atoms with E-state index in [9.17, 15) is 9.59 Å². The molecule has 0 fully saturated rings. The van der Waals surface area contributed by atoms with E-state index in [-0.39, 0.29) is 11.8 Å². The van der Waals surface area contributed by atoms with Gasteiger partial charge >= 0.3 is 0 Å². The van der Waals surface area contributed by atoms with Crippen LogP contribution in [0.3, 0.4) is 0 Å². The van der Waals surface area contributed by atoms with Gasteiger partial charge in [0, 0.05) is 24.4 Å². The maximum Gasteiger partial charge on any atom is 0.242 e. The number of thiazole rings is 1. The van der Waals surface area contributed by atoms with Gasteiger partial charge in [0.2, 0.25) is 11.8 Å². The van der Waals surface area contributed by atoms with Gasteiger partial charge in [-0.1, -0.05) is 24.3 Å². The zero-order valence-electron chi connectivity index (χ0n) is 13.6. The average molecular weight is 331 g/mol. The minimum absolute atomic E-state index is 0.172. The van der Waals surface area contributed by atoms with Gasteiger partial charge in [0.15, 0.2) is 0 Å². The normalized spacial score (nSPS) is 11.8. The molecule has 5 nitrogen and oxygen atoms in total. The summed E-state index contributed by atoms with van der Waals surface area (Å²) in [5.41, 5.74) is 3.24. The number of hydrogen-bond acceptors (Lipinski definition) is 4. The Morgan fingerprint density at radius 3 is 2.52 bits per heavy atom. The number of nitrogens with one attached hydrogen (secondary N) is 2. The largest absolute Gasteiger partial charge is 0.354 e. The van der Waals surface area contributed by atoms with E-state index in [2.05, 4.69) is 15.6 Å². The Morgan fingerprint density at radius 1 is 1.26 bits per heavy atom. The van der Waals surface area contributed by atoms with Crippen molar-refractivity contribution in [2.24, 2.45) is 0 Å². The lowest BCUT2D eigenvalue weighted by atomic mass is 10.1. The first-order valence-corrected chi connectivity index (χ1v) is 8.40. The van der Waals surface area contributed by atoms with E-state index in [0.29, 0.717) is 6.54 Å². The Labute approximate surface area is 140 Å². The summed E-state index contributed by atoms with van der Waals surface area (Å²) in [5, 5.41) is 8.49. The first kappa shape index (κ1) is 17.1. The number of carbonyl (C=O) groups is 2. The molecule has 0 aliphatic carbocycles. The molecule has 122 valence electrons. The zero-order chi connectivity index (χ0) is 16.8. The monoisotopic (exact) mass is 331 g/mol. The van der Waals surface area contributed by atoms with Gasteiger partial charge in [-0.2, -0.15) is 0 Å². The first-order chi connectivity index (χ1) is 11.0. The summed E-state index contributed by atoms with van der Waals surface area (Å²) in [6.45, 7) is 5.60. The first-order valence-electron chi connectivity index (χ1n) is 7.52. The lowest BCUT2D eigenvalue weighted by molar-refractivity contribution is -0.127. The topological polar surface area (TPSA) is 71.1 Å². The van der Waals surface area contributed by atoms with Crippen molar-refractivity contribution in [3.8, 4) is 11.3 Å². The molecule has 1 aromatic heterocycles. The van der Waals surface area contributed by atoms with Crippen LogP contribution in [0.4, 0.5) is 0 Å². The van der Waals surface area contributed by atoms with E-state index in [1.807, 2.05) is 36.6 Å². The molecule has 2 N–H and O–H groups in total. The van der Waals surface area contributed by atoms with Crippen molar-refractivity contribution in [3.63, 3.8) is 0 Å². The molecule has 0 saturated heterocycles. The molecule has 0 aliphatic rings. The minimum Gasteiger partial charge on any atom is -0.354 e. The van der Waals surface area contributed by atoms with Crippen molar-refractivity contribution in [1.29, 1.82) is 0 Å². The van der Waals surface area contributed by atoms with Gasteiger partial charge in [-0.25, -0.2) is 4.98 Å². The highest BCUT2D eigenvalue weighted by molar-refractivity contribution is 7.09. The fourth-order valence-corrected chi connectivity index (χ4v) is 2.81. The molecule has 0 spiro atoms. The Morgan fingerprint density at radius 2 is 1.96 bits per heavy atom. The fraction of sp³-hybridized carbons (Fsp3) is 0.353. The third kappa shape index (κ3) is 5.17. The second-order valence-corrected chi connectivity index (χ2v) is 6.47. The molecule has 2 aromatic rings. The quantitative estimate of drug-likeness (QED) is 0.853. The number of carbonyl (C=O) groups excluding carboxylic acids is 2. The molecule has 1 unspecified atom stereocenters. The highest BCUT2D eigenvalue weighted by atomic mass is 32.1. The number of aromatic nitrogens is 1. The van der Waals surface area contributed by atoms with E-state index in [1.54, 1.807) is 18.3 Å². The molecule has 23 heavy (non-hydrogen) atoms. The smallest absolute Gasteiger partial charge is 0.242 e. The van der Waals surface area contributed by atoms with Crippen LogP contribution in [0.15, 0.2) is 29.6 Å². The molecule has 0 aliphatic heterocycles. The van der Waals surface area contributed by atoms with Crippen LogP contribution < -0.4 is 10.6 Å². The van der Waals surface area contributed by atoms with Gasteiger partial charge in [-0.15, -0.1) is 11.3 Å². The molecule has 2 amide bonds. The summed E-state index contributed by atoms with van der Waals surface area (Å²) >= 11 is 1.64. The maximum absolute atomic E-state index is 11.8. The molecule has 1 aromatic carbocycles. The summed E-state index contributed by atoms with van der Waals surface area (Å²) in [6.07, 6.45) is 0.745. The fourth-order valence-electron chi connectivity index (χ4n) is 2.19. The van der Waals surface area contributed by atoms with E-state index in [0.717, 1.165) is 28.2 Å². The Bertz CT molecular complexity index is 679. The van der Waals surface area contributed by atoms with E-state index in [1.165, 1.54) is 6.92 Å². The van der Waals surface area contributed by atoms with Crippen LogP contribution in [-0.2, 0) is 16.0 Å². The van der Waals surface area contributed by atoms with Crippen molar-refractivity contribution < 1.29 is 9.59 Å². The zero-order valence-corrected chi connectivity index (χ0v) is 14.4. The Hall–Kier alpha value is -2.21. The van der Waals surface area contributed by atoms with Gasteiger partial charge < -0.3 is 10.6 Å². The van der Waals surface area contributed by atoms with Gasteiger partial charge in [0.05, 0.1) is 10.7 Å². The van der Waals surface area contributed by atoms with E-state index >= 15 is 0 Å². The Kier molecular flexibility index (Phi) is 5.87. The second-order valence-electron chi connectivity index (χ2n) is 5.41. The van der Waals surface area contributed by atoms with Crippen LogP contribution in [0.25, 0.3) is 11.3 Å². The minimum atomic E-state index is -0.511. The molecule has 1 heterocycles. The van der Waals surface area contributed by atoms with Gasteiger partial charge in [0.25, 0.3) is 0 Å². The molecule has 0 bridgehead atoms. The Balaban J connectivity index is 1.82. The van der Waals surface area contributed by atoms with Gasteiger partial charge in [-0.05, 0) is 25.8 Å². The van der Waals surface area contributed by atoms with E-state index in [4.69, 9.17) is 0 Å². The molecular weight excluding hydrogens is 310 g/mol. The summed E-state index contributed by atoms with van der Waals surface area (Å²) in [5.74, 6) is -0.379. The van der Waals surface area contributed by atoms with Crippen LogP contribution in [0.5, 0.6) is 0 Å². The number of hydrogen-bond donors (Lipinski definition) is 2. The highest BCUT2D eigenvalue weighted by Crippen LogP contribution is 2.21. The molecule has 0 radical (unpaired) electrons. The average Bonchev–Trinajstić information content (AvgIpc) is 2.93. The lowest BCUT2D eigenvalue weighted by Gasteiger charge is -2.12. The third-order valence-corrected chi connectivity index (χ3v) is 4.17. The number of amides is 2. The van der Waals surface area contributed by atoms with Crippen LogP contribution in [-0.4, -0.2) is 29.4 Å². The van der Waals surface area contributed by atoms with E-state index < -0.39 is 6.04 Å². The second kappa shape index (κ2) is 7.87. The number of aryl methyl sites for hydroxylation is 1. The van der Waals surface area contributed by atoms with Gasteiger partial charge in [0.1, 0.15) is 6.04 Å². The molecule has 0 saturated carbocycles. The van der Waals surface area contributed by atoms with Crippen LogP contribution >= 0.6 is 11.3 Å². The predicted octanol–water partition coefficient (Wildman–Crippen LogP) is 2.30. The number of benzene rings is 1. The molecule has 2 rings (SSSR count). The number of rotatable bonds is 6. The standard InChI is InChI=1S/C17H21N3O2S/c1-11(19-12(2)21)17(22)18-9-8-14-4-6-15(7-5-14)16-10-23-13(3)20-16/h4-7,10-11H,8-9H2,1-3H3,(H,18,22)(H,19,21). The van der Waals surface area contributed by atoms with Gasteiger partial charge in [-0.3, -0.25) is 9.59 Å². The van der Waals surface area contributed by atoms with Crippen molar-refractivity contribution in [1.82, 2.24) is 15.6 Å². The molecule has 1 atom stereocenters. The molecular formula is C17H21N3O2S. The lowest BCUT2D eigenvalue weighted by Crippen LogP contribution is -2.44. The highest BCUT2D eigenvalue weighted by Gasteiger charge is 2.12. The third-order valence-electron chi connectivity index (χ3n) is 3.39. The maximum atomic E-state index is 11.8. The SMILES string of the molecule is CC(=O)NC(C)C(=O)NCCc1ccc(-c2csc(C)n2)cc1. The van der Waals surface area contributed by atoms with Crippen molar-refractivity contribution in [2.75, 3.05) is 6.54 Å². The summed E-state index contributed by atoms with van der Waals surface area (Å²) < 4.78 is 0. The van der Waals surface area contributed by atoms with Crippen molar-refractivity contribution >= 4 is 23.2 Å². The van der Waals surface area contributed by atoms with Crippen LogP contribution in [0, 0.1) is 6.92 Å². The summed E-state index contributed by atoms with van der Waals surface area (Å²) in [4.78, 5) is 27.2. The van der Waals surface area contributed by atoms with Crippen molar-refractivity contribution in [3.05, 3.63) is 40.2 Å². The van der Waals surface area contributed by atoms with Crippen molar-refractivity contribution in [2.45, 2.75) is 33.2 Å². The number of nitrogens with zero attached hydrogens (tertiary/aromatic N) is 1. The summed E-state index contributed by atoms with van der Waals surface area (Å²) in [7, 11) is 0. The summed E-state index contributed by atoms with van der Waals surface area (Å²) in [6, 6.07) is 7.68. The molecule has 6 heteroatoms. The van der Waals surface area contributed by atoms with Crippen LogP contribution in [0.1, 0.15) is 24.4 Å².